The Morgan fingerprint density at radius 1 is 1.42 bits per heavy atom. The lowest BCUT2D eigenvalue weighted by Crippen LogP contribution is -2.42. The summed E-state index contributed by atoms with van der Waals surface area (Å²) in [5.74, 6) is 0. The Bertz CT molecular complexity index is 394. The van der Waals surface area contributed by atoms with Crippen LogP contribution in [0.1, 0.15) is 32.3 Å². The van der Waals surface area contributed by atoms with Crippen LogP contribution in [0.25, 0.3) is 0 Å². The summed E-state index contributed by atoms with van der Waals surface area (Å²) < 4.78 is 0. The monoisotopic (exact) mass is 262 g/mol. The van der Waals surface area contributed by atoms with Gasteiger partial charge in [-0.3, -0.25) is 0 Å². The molecule has 2 atom stereocenters. The Kier molecular flexibility index (Phi) is 5.23. The number of fused-ring (bicyclic) bond motifs is 1. The van der Waals surface area contributed by atoms with E-state index in [0.29, 0.717) is 6.04 Å². The first-order chi connectivity index (χ1) is 9.26. The largest absolute Gasteiger partial charge is 0.395 e. The van der Waals surface area contributed by atoms with E-state index < -0.39 is 0 Å². The topological polar surface area (TPSA) is 35.5 Å². The third kappa shape index (κ3) is 3.48. The molecule has 2 unspecified atom stereocenters. The molecule has 0 radical (unpaired) electrons. The number of nitrogens with zero attached hydrogens (tertiary/aromatic N) is 1. The smallest absolute Gasteiger partial charge is 0.0585 e. The number of anilines is 1. The fourth-order valence-electron chi connectivity index (χ4n) is 2.94. The first-order valence-electron chi connectivity index (χ1n) is 7.45. The van der Waals surface area contributed by atoms with Crippen molar-refractivity contribution in [2.45, 2.75) is 45.2 Å². The molecule has 3 heteroatoms. The molecule has 3 nitrogen and oxygen atoms in total. The molecular formula is C16H26N2O. The normalized spacial score (nSPS) is 20.2. The van der Waals surface area contributed by atoms with Crippen molar-refractivity contribution in [1.29, 1.82) is 0 Å². The van der Waals surface area contributed by atoms with Gasteiger partial charge in [-0.1, -0.05) is 25.1 Å². The van der Waals surface area contributed by atoms with E-state index in [9.17, 15) is 5.11 Å². The van der Waals surface area contributed by atoms with E-state index in [1.54, 1.807) is 0 Å². The minimum absolute atomic E-state index is 0.214. The van der Waals surface area contributed by atoms with Crippen molar-refractivity contribution in [1.82, 2.24) is 5.32 Å². The van der Waals surface area contributed by atoms with Crippen LogP contribution < -0.4 is 10.2 Å². The van der Waals surface area contributed by atoms with Gasteiger partial charge < -0.3 is 15.3 Å². The predicted molar refractivity (Wildman–Crippen MR) is 80.7 cm³/mol. The summed E-state index contributed by atoms with van der Waals surface area (Å²) in [6.45, 7) is 6.53. The molecule has 1 aromatic carbocycles. The quantitative estimate of drug-likeness (QED) is 0.825. The van der Waals surface area contributed by atoms with Gasteiger partial charge in [-0.25, -0.2) is 0 Å². The number of likely N-dealkylation sites (N-methyl/N-ethyl adjacent to an activating group) is 1. The number of hydrogen-bond donors (Lipinski definition) is 2. The summed E-state index contributed by atoms with van der Waals surface area (Å²) in [5.41, 5.74) is 2.85. The molecule has 2 N–H and O–H groups in total. The first kappa shape index (κ1) is 14.4. The highest BCUT2D eigenvalue weighted by Gasteiger charge is 2.22. The van der Waals surface area contributed by atoms with Gasteiger partial charge in [0.1, 0.15) is 0 Å². The fourth-order valence-corrected chi connectivity index (χ4v) is 2.94. The summed E-state index contributed by atoms with van der Waals surface area (Å²) in [4.78, 5) is 2.50. The summed E-state index contributed by atoms with van der Waals surface area (Å²) in [6, 6.07) is 9.52. The zero-order chi connectivity index (χ0) is 13.7. The van der Waals surface area contributed by atoms with Crippen molar-refractivity contribution < 1.29 is 5.11 Å². The third-order valence-electron chi connectivity index (χ3n) is 4.10. The number of rotatable bonds is 6. The van der Waals surface area contributed by atoms with Crippen LogP contribution in [0.2, 0.25) is 0 Å². The number of aliphatic hydroxyl groups is 1. The van der Waals surface area contributed by atoms with Crippen LogP contribution in [-0.2, 0) is 6.42 Å². The van der Waals surface area contributed by atoms with Crippen LogP contribution in [-0.4, -0.2) is 36.9 Å². The van der Waals surface area contributed by atoms with Crippen molar-refractivity contribution in [3.05, 3.63) is 29.8 Å². The van der Waals surface area contributed by atoms with Crippen molar-refractivity contribution in [2.24, 2.45) is 0 Å². The van der Waals surface area contributed by atoms with E-state index in [1.807, 2.05) is 0 Å². The van der Waals surface area contributed by atoms with Gasteiger partial charge in [0.25, 0.3) is 0 Å². The van der Waals surface area contributed by atoms with E-state index in [0.717, 1.165) is 19.5 Å². The summed E-state index contributed by atoms with van der Waals surface area (Å²) in [7, 11) is 0. The lowest BCUT2D eigenvalue weighted by molar-refractivity contribution is 0.237. The Hall–Kier alpha value is -1.06. The van der Waals surface area contributed by atoms with E-state index in [4.69, 9.17) is 0 Å². The van der Waals surface area contributed by atoms with Crippen molar-refractivity contribution in [2.75, 3.05) is 24.6 Å². The zero-order valence-corrected chi connectivity index (χ0v) is 12.1. The molecule has 0 aromatic heterocycles. The molecule has 0 fully saturated rings. The minimum atomic E-state index is 0.214. The highest BCUT2D eigenvalue weighted by atomic mass is 16.3. The molecule has 1 aliphatic heterocycles. The van der Waals surface area contributed by atoms with E-state index in [-0.39, 0.29) is 12.6 Å². The average molecular weight is 262 g/mol. The molecular weight excluding hydrogens is 236 g/mol. The van der Waals surface area contributed by atoms with E-state index in [1.165, 1.54) is 24.1 Å². The molecule has 0 amide bonds. The van der Waals surface area contributed by atoms with Gasteiger partial charge in [0, 0.05) is 24.3 Å². The SMILES string of the molecule is CCNC(CO)CCN1c2ccccc2CCC1C. The number of nitrogens with one attached hydrogen (secondary N) is 1. The Balaban J connectivity index is 2.02. The standard InChI is InChI=1S/C16H26N2O/c1-3-17-15(12-19)10-11-18-13(2)8-9-14-6-4-5-7-16(14)18/h4-7,13,15,17,19H,3,8-12H2,1-2H3. The van der Waals surface area contributed by atoms with Gasteiger partial charge in [-0.15, -0.1) is 0 Å². The molecule has 106 valence electrons. The van der Waals surface area contributed by atoms with Gasteiger partial charge in [-0.2, -0.15) is 0 Å². The highest BCUT2D eigenvalue weighted by molar-refractivity contribution is 5.56. The van der Waals surface area contributed by atoms with Crippen LogP contribution in [0.5, 0.6) is 0 Å². The van der Waals surface area contributed by atoms with Gasteiger partial charge >= 0.3 is 0 Å². The maximum atomic E-state index is 9.37. The number of hydrogen-bond acceptors (Lipinski definition) is 3. The highest BCUT2D eigenvalue weighted by Crippen LogP contribution is 2.30. The number of para-hydroxylation sites is 1. The van der Waals surface area contributed by atoms with Crippen LogP contribution in [0.3, 0.4) is 0 Å². The average Bonchev–Trinajstić information content (AvgIpc) is 2.45. The second-order valence-electron chi connectivity index (χ2n) is 5.44. The lowest BCUT2D eigenvalue weighted by atomic mass is 9.96. The Morgan fingerprint density at radius 3 is 2.95 bits per heavy atom. The molecule has 0 spiro atoms. The van der Waals surface area contributed by atoms with Crippen LogP contribution in [0, 0.1) is 0 Å². The lowest BCUT2D eigenvalue weighted by Gasteiger charge is -2.38. The molecule has 1 heterocycles. The molecule has 19 heavy (non-hydrogen) atoms. The second-order valence-corrected chi connectivity index (χ2v) is 5.44. The Morgan fingerprint density at radius 2 is 2.21 bits per heavy atom. The van der Waals surface area contributed by atoms with Crippen LogP contribution >= 0.6 is 0 Å². The van der Waals surface area contributed by atoms with Crippen LogP contribution in [0.4, 0.5) is 5.69 Å². The molecule has 0 aliphatic carbocycles. The molecule has 1 aliphatic rings. The number of aryl methyl sites for hydroxylation is 1. The maximum absolute atomic E-state index is 9.37. The van der Waals surface area contributed by atoms with Crippen LogP contribution in [0.15, 0.2) is 24.3 Å². The van der Waals surface area contributed by atoms with Gasteiger partial charge in [0.05, 0.1) is 6.61 Å². The predicted octanol–water partition coefficient (Wildman–Crippen LogP) is 2.19. The van der Waals surface area contributed by atoms with E-state index >= 15 is 0 Å². The minimum Gasteiger partial charge on any atom is -0.395 e. The molecule has 1 aromatic rings. The van der Waals surface area contributed by atoms with Gasteiger partial charge in [0.15, 0.2) is 0 Å². The molecule has 2 rings (SSSR count). The Labute approximate surface area is 116 Å². The van der Waals surface area contributed by atoms with E-state index in [2.05, 4.69) is 48.3 Å². The summed E-state index contributed by atoms with van der Waals surface area (Å²) >= 11 is 0. The van der Waals surface area contributed by atoms with Gasteiger partial charge in [0.2, 0.25) is 0 Å². The third-order valence-corrected chi connectivity index (χ3v) is 4.10. The number of benzene rings is 1. The van der Waals surface area contributed by atoms with Crippen molar-refractivity contribution in [3.63, 3.8) is 0 Å². The summed E-state index contributed by atoms with van der Waals surface area (Å²) in [5, 5.41) is 12.7. The molecule has 0 saturated carbocycles. The molecule has 0 saturated heterocycles. The maximum Gasteiger partial charge on any atom is 0.0585 e. The fraction of sp³-hybridized carbons (Fsp3) is 0.625. The van der Waals surface area contributed by atoms with Crippen molar-refractivity contribution in [3.8, 4) is 0 Å². The number of aliphatic hydroxyl groups excluding tert-OH is 1. The first-order valence-corrected chi connectivity index (χ1v) is 7.45. The summed E-state index contributed by atoms with van der Waals surface area (Å²) in [6.07, 6.45) is 3.40. The van der Waals surface area contributed by atoms with Gasteiger partial charge in [-0.05, 0) is 44.4 Å². The van der Waals surface area contributed by atoms with Crippen molar-refractivity contribution >= 4 is 5.69 Å². The zero-order valence-electron chi connectivity index (χ0n) is 12.1. The second kappa shape index (κ2) is 6.92. The molecule has 0 bridgehead atoms.